The number of benzene rings is 1. The second kappa shape index (κ2) is 6.43. The maximum absolute atomic E-state index is 11.9. The van der Waals surface area contributed by atoms with Gasteiger partial charge in [-0.3, -0.25) is 4.79 Å². The summed E-state index contributed by atoms with van der Waals surface area (Å²) in [6.07, 6.45) is -0.478. The average Bonchev–Trinajstić information content (AvgIpc) is 2.31. The van der Waals surface area contributed by atoms with Gasteiger partial charge in [-0.05, 0) is 38.8 Å². The Balaban J connectivity index is 2.52. The van der Waals surface area contributed by atoms with Gasteiger partial charge in [0, 0.05) is 6.04 Å². The average molecular weight is 249 g/mol. The van der Waals surface area contributed by atoms with Crippen LogP contribution in [0.5, 0.6) is 5.75 Å². The molecule has 2 atom stereocenters. The summed E-state index contributed by atoms with van der Waals surface area (Å²) in [5.74, 6) is 1.07. The zero-order valence-corrected chi connectivity index (χ0v) is 11.9. The topological polar surface area (TPSA) is 38.3 Å². The molecule has 18 heavy (non-hydrogen) atoms. The van der Waals surface area contributed by atoms with Crippen molar-refractivity contribution in [2.24, 2.45) is 5.92 Å². The van der Waals surface area contributed by atoms with Crippen LogP contribution in [0.1, 0.15) is 33.3 Å². The largest absolute Gasteiger partial charge is 0.481 e. The molecule has 3 nitrogen and oxygen atoms in total. The van der Waals surface area contributed by atoms with E-state index < -0.39 is 6.10 Å². The number of aryl methyl sites for hydroxylation is 1. The van der Waals surface area contributed by atoms with Gasteiger partial charge in [0.2, 0.25) is 0 Å². The summed E-state index contributed by atoms with van der Waals surface area (Å²) in [6, 6.07) is 7.85. The van der Waals surface area contributed by atoms with E-state index in [1.54, 1.807) is 6.92 Å². The first-order valence-corrected chi connectivity index (χ1v) is 6.44. The molecule has 0 heterocycles. The minimum absolute atomic E-state index is 0.0724. The van der Waals surface area contributed by atoms with Crippen LogP contribution < -0.4 is 10.1 Å². The van der Waals surface area contributed by atoms with Crippen molar-refractivity contribution in [2.75, 3.05) is 0 Å². The molecule has 1 N–H and O–H groups in total. The first kappa shape index (κ1) is 14.6. The van der Waals surface area contributed by atoms with Gasteiger partial charge in [0.15, 0.2) is 6.10 Å². The molecular weight excluding hydrogens is 226 g/mol. The van der Waals surface area contributed by atoms with Crippen LogP contribution in [-0.4, -0.2) is 18.1 Å². The predicted octanol–water partition coefficient (Wildman–Crippen LogP) is 2.92. The van der Waals surface area contributed by atoms with Gasteiger partial charge in [0.05, 0.1) is 0 Å². The summed E-state index contributed by atoms with van der Waals surface area (Å²) < 4.78 is 5.60. The minimum Gasteiger partial charge on any atom is -0.481 e. The Labute approximate surface area is 110 Å². The Bertz CT molecular complexity index is 384. The Hall–Kier alpha value is -1.51. The normalized spacial score (nSPS) is 14.1. The summed E-state index contributed by atoms with van der Waals surface area (Å²) in [5.41, 5.74) is 1.17. The number of carbonyl (C=O) groups is 1. The highest BCUT2D eigenvalue weighted by atomic mass is 16.5. The van der Waals surface area contributed by atoms with E-state index >= 15 is 0 Å². The van der Waals surface area contributed by atoms with Crippen molar-refractivity contribution in [1.29, 1.82) is 0 Å². The van der Waals surface area contributed by atoms with E-state index in [-0.39, 0.29) is 11.9 Å². The van der Waals surface area contributed by atoms with Crippen LogP contribution in [0.25, 0.3) is 0 Å². The highest BCUT2D eigenvalue weighted by molar-refractivity contribution is 5.81. The molecule has 1 aromatic carbocycles. The number of amides is 1. The molecule has 1 amide bonds. The van der Waals surface area contributed by atoms with E-state index in [2.05, 4.69) is 19.2 Å². The van der Waals surface area contributed by atoms with Crippen LogP contribution in [0, 0.1) is 12.8 Å². The lowest BCUT2D eigenvalue weighted by Gasteiger charge is -2.21. The molecule has 0 aliphatic heterocycles. The first-order chi connectivity index (χ1) is 8.40. The monoisotopic (exact) mass is 249 g/mol. The van der Waals surface area contributed by atoms with E-state index in [1.807, 2.05) is 38.1 Å². The standard InChI is InChI=1S/C15H23NO2/c1-10(2)12(4)16-15(17)13(5)18-14-8-6-11(3)7-9-14/h6-10,12-13H,1-5H3,(H,16,17). The highest BCUT2D eigenvalue weighted by Gasteiger charge is 2.18. The van der Waals surface area contributed by atoms with E-state index in [0.29, 0.717) is 5.92 Å². The van der Waals surface area contributed by atoms with Crippen molar-refractivity contribution >= 4 is 5.91 Å². The first-order valence-electron chi connectivity index (χ1n) is 6.44. The van der Waals surface area contributed by atoms with Crippen molar-refractivity contribution < 1.29 is 9.53 Å². The molecule has 1 aromatic rings. The summed E-state index contributed by atoms with van der Waals surface area (Å²) in [5, 5.41) is 2.95. The van der Waals surface area contributed by atoms with Gasteiger partial charge in [-0.1, -0.05) is 31.5 Å². The van der Waals surface area contributed by atoms with Crippen LogP contribution in [0.4, 0.5) is 0 Å². The number of nitrogens with one attached hydrogen (secondary N) is 1. The molecule has 3 heteroatoms. The maximum atomic E-state index is 11.9. The minimum atomic E-state index is -0.478. The third kappa shape index (κ3) is 4.40. The number of hydrogen-bond donors (Lipinski definition) is 1. The van der Waals surface area contributed by atoms with E-state index in [9.17, 15) is 4.79 Å². The molecule has 100 valence electrons. The van der Waals surface area contributed by atoms with E-state index in [0.717, 1.165) is 5.75 Å². The van der Waals surface area contributed by atoms with Gasteiger partial charge in [-0.15, -0.1) is 0 Å². The number of rotatable bonds is 5. The van der Waals surface area contributed by atoms with Crippen molar-refractivity contribution in [1.82, 2.24) is 5.32 Å². The van der Waals surface area contributed by atoms with Gasteiger partial charge < -0.3 is 10.1 Å². The quantitative estimate of drug-likeness (QED) is 0.871. The van der Waals surface area contributed by atoms with Gasteiger partial charge in [0.1, 0.15) is 5.75 Å². The molecule has 0 spiro atoms. The third-order valence-electron chi connectivity index (χ3n) is 3.07. The fourth-order valence-corrected chi connectivity index (χ4v) is 1.38. The Morgan fingerprint density at radius 3 is 2.17 bits per heavy atom. The second-order valence-corrected chi connectivity index (χ2v) is 5.11. The summed E-state index contributed by atoms with van der Waals surface area (Å²) in [7, 11) is 0. The summed E-state index contributed by atoms with van der Waals surface area (Å²) in [6.45, 7) is 9.94. The Kier molecular flexibility index (Phi) is 5.20. The van der Waals surface area contributed by atoms with Gasteiger partial charge in [-0.25, -0.2) is 0 Å². The van der Waals surface area contributed by atoms with Crippen molar-refractivity contribution in [3.63, 3.8) is 0 Å². The zero-order chi connectivity index (χ0) is 13.7. The molecule has 0 bridgehead atoms. The smallest absolute Gasteiger partial charge is 0.260 e. The molecule has 1 rings (SSSR count). The lowest BCUT2D eigenvalue weighted by molar-refractivity contribution is -0.128. The van der Waals surface area contributed by atoms with Crippen LogP contribution in [0.2, 0.25) is 0 Å². The van der Waals surface area contributed by atoms with Crippen LogP contribution >= 0.6 is 0 Å². The molecule has 0 aliphatic rings. The molecule has 0 fully saturated rings. The van der Waals surface area contributed by atoms with Crippen LogP contribution in [-0.2, 0) is 4.79 Å². The summed E-state index contributed by atoms with van der Waals surface area (Å²) in [4.78, 5) is 11.9. The van der Waals surface area contributed by atoms with Gasteiger partial charge in [0.25, 0.3) is 5.91 Å². The van der Waals surface area contributed by atoms with Gasteiger partial charge in [-0.2, -0.15) is 0 Å². The Morgan fingerprint density at radius 2 is 1.67 bits per heavy atom. The SMILES string of the molecule is Cc1ccc(OC(C)C(=O)NC(C)C(C)C)cc1. The van der Waals surface area contributed by atoms with E-state index in [4.69, 9.17) is 4.74 Å². The third-order valence-corrected chi connectivity index (χ3v) is 3.07. The summed E-state index contributed by atoms with van der Waals surface area (Å²) >= 11 is 0. The molecule has 0 aromatic heterocycles. The van der Waals surface area contributed by atoms with Crippen molar-refractivity contribution in [3.05, 3.63) is 29.8 Å². The van der Waals surface area contributed by atoms with Crippen LogP contribution in [0.15, 0.2) is 24.3 Å². The highest BCUT2D eigenvalue weighted by Crippen LogP contribution is 2.13. The molecule has 0 aliphatic carbocycles. The van der Waals surface area contributed by atoms with Crippen LogP contribution in [0.3, 0.4) is 0 Å². The Morgan fingerprint density at radius 1 is 1.11 bits per heavy atom. The zero-order valence-electron chi connectivity index (χ0n) is 11.9. The molecule has 0 saturated carbocycles. The van der Waals surface area contributed by atoms with Crippen molar-refractivity contribution in [2.45, 2.75) is 46.8 Å². The number of carbonyl (C=O) groups excluding carboxylic acids is 1. The fourth-order valence-electron chi connectivity index (χ4n) is 1.38. The molecular formula is C15H23NO2. The lowest BCUT2D eigenvalue weighted by atomic mass is 10.1. The number of hydrogen-bond acceptors (Lipinski definition) is 2. The molecule has 2 unspecified atom stereocenters. The fraction of sp³-hybridized carbons (Fsp3) is 0.533. The maximum Gasteiger partial charge on any atom is 0.260 e. The number of ether oxygens (including phenoxy) is 1. The molecule has 0 radical (unpaired) electrons. The predicted molar refractivity (Wildman–Crippen MR) is 73.7 cm³/mol. The second-order valence-electron chi connectivity index (χ2n) is 5.11. The van der Waals surface area contributed by atoms with Gasteiger partial charge >= 0.3 is 0 Å². The van der Waals surface area contributed by atoms with E-state index in [1.165, 1.54) is 5.56 Å². The van der Waals surface area contributed by atoms with Crippen molar-refractivity contribution in [3.8, 4) is 5.75 Å². The molecule has 0 saturated heterocycles. The lowest BCUT2D eigenvalue weighted by Crippen LogP contribution is -2.43.